The molecule has 1 saturated heterocycles. The summed E-state index contributed by atoms with van der Waals surface area (Å²) in [5.41, 5.74) is 0. The van der Waals surface area contributed by atoms with Crippen LogP contribution in [0.5, 0.6) is 0 Å². The van der Waals surface area contributed by atoms with Crippen molar-refractivity contribution >= 4 is 17.7 Å². The summed E-state index contributed by atoms with van der Waals surface area (Å²) in [4.78, 5) is 13.5. The minimum absolute atomic E-state index is 0.0494. The highest BCUT2D eigenvalue weighted by atomic mass is 32.2. The van der Waals surface area contributed by atoms with Gasteiger partial charge >= 0.3 is 5.97 Å². The Labute approximate surface area is 83.8 Å². The lowest BCUT2D eigenvalue weighted by molar-refractivity contribution is -0.144. The third-order valence-corrected chi connectivity index (χ3v) is 3.01. The second kappa shape index (κ2) is 5.50. The molecular formula is C9H17NO2S. The summed E-state index contributed by atoms with van der Waals surface area (Å²) < 4.78 is 4.72. The molecule has 1 atom stereocenters. The van der Waals surface area contributed by atoms with Gasteiger partial charge < -0.3 is 9.64 Å². The van der Waals surface area contributed by atoms with E-state index in [1.807, 2.05) is 11.8 Å². The molecule has 3 nitrogen and oxygen atoms in total. The van der Waals surface area contributed by atoms with E-state index in [0.29, 0.717) is 0 Å². The molecule has 1 heterocycles. The normalized spacial score (nSPS) is 23.4. The second-order valence-electron chi connectivity index (χ2n) is 3.30. The number of nitrogens with zero attached hydrogens (tertiary/aromatic N) is 1. The zero-order chi connectivity index (χ0) is 9.68. The summed E-state index contributed by atoms with van der Waals surface area (Å²) in [5, 5.41) is 0. The maximum atomic E-state index is 11.2. The molecule has 0 bridgehead atoms. The number of esters is 1. The van der Waals surface area contributed by atoms with E-state index < -0.39 is 0 Å². The van der Waals surface area contributed by atoms with E-state index in [4.69, 9.17) is 4.74 Å². The molecule has 1 unspecified atom stereocenters. The van der Waals surface area contributed by atoms with Gasteiger partial charge in [-0.25, -0.2) is 0 Å². The maximum absolute atomic E-state index is 11.2. The van der Waals surface area contributed by atoms with E-state index >= 15 is 0 Å². The first-order valence-electron chi connectivity index (χ1n) is 4.57. The van der Waals surface area contributed by atoms with Crippen LogP contribution in [0.2, 0.25) is 0 Å². The molecule has 0 amide bonds. The van der Waals surface area contributed by atoms with Crippen molar-refractivity contribution in [3.63, 3.8) is 0 Å². The molecule has 1 fully saturated rings. The Morgan fingerprint density at radius 3 is 3.08 bits per heavy atom. The maximum Gasteiger partial charge on any atom is 0.310 e. The van der Waals surface area contributed by atoms with Crippen molar-refractivity contribution in [3.05, 3.63) is 0 Å². The number of hydrogen-bond acceptors (Lipinski definition) is 4. The van der Waals surface area contributed by atoms with Crippen LogP contribution in [-0.4, -0.2) is 49.6 Å². The molecule has 0 aromatic carbocycles. The molecule has 0 saturated carbocycles. The van der Waals surface area contributed by atoms with E-state index in [-0.39, 0.29) is 11.9 Å². The SMILES string of the molecule is COC(=O)C1CCN(CCSC)C1. The predicted octanol–water partition coefficient (Wildman–Crippen LogP) is 0.844. The summed E-state index contributed by atoms with van der Waals surface area (Å²) in [6, 6.07) is 0. The van der Waals surface area contributed by atoms with Crippen molar-refractivity contribution in [2.75, 3.05) is 38.8 Å². The number of likely N-dealkylation sites (tertiary alicyclic amines) is 1. The standard InChI is InChI=1S/C9H17NO2S/c1-12-9(11)8-3-4-10(7-8)5-6-13-2/h8H,3-7H2,1-2H3. The zero-order valence-corrected chi connectivity index (χ0v) is 9.10. The number of carbonyl (C=O) groups excluding carboxylic acids is 1. The van der Waals surface area contributed by atoms with Gasteiger partial charge in [0.05, 0.1) is 13.0 Å². The van der Waals surface area contributed by atoms with Gasteiger partial charge in [-0.1, -0.05) is 0 Å². The van der Waals surface area contributed by atoms with Gasteiger partial charge in [0.25, 0.3) is 0 Å². The molecule has 0 radical (unpaired) electrons. The molecule has 13 heavy (non-hydrogen) atoms. The number of thioether (sulfide) groups is 1. The molecule has 1 rings (SSSR count). The van der Waals surface area contributed by atoms with E-state index in [1.165, 1.54) is 7.11 Å². The molecule has 0 N–H and O–H groups in total. The predicted molar refractivity (Wildman–Crippen MR) is 54.9 cm³/mol. The van der Waals surface area contributed by atoms with Crippen LogP contribution in [0.3, 0.4) is 0 Å². The van der Waals surface area contributed by atoms with Gasteiger partial charge in [0.2, 0.25) is 0 Å². The van der Waals surface area contributed by atoms with Crippen LogP contribution in [0.1, 0.15) is 6.42 Å². The average molecular weight is 203 g/mol. The van der Waals surface area contributed by atoms with Gasteiger partial charge in [-0.15, -0.1) is 0 Å². The van der Waals surface area contributed by atoms with Gasteiger partial charge in [0.1, 0.15) is 0 Å². The fraction of sp³-hybridized carbons (Fsp3) is 0.889. The van der Waals surface area contributed by atoms with Gasteiger partial charge in [-0.3, -0.25) is 4.79 Å². The van der Waals surface area contributed by atoms with Crippen LogP contribution >= 0.6 is 11.8 Å². The summed E-state index contributed by atoms with van der Waals surface area (Å²) in [5.74, 6) is 1.21. The lowest BCUT2D eigenvalue weighted by atomic mass is 10.1. The third-order valence-electron chi connectivity index (χ3n) is 2.42. The molecule has 1 aliphatic rings. The molecule has 0 aromatic rings. The highest BCUT2D eigenvalue weighted by molar-refractivity contribution is 7.98. The Bertz CT molecular complexity index is 175. The lowest BCUT2D eigenvalue weighted by Crippen LogP contribution is -2.25. The van der Waals surface area contributed by atoms with Crippen LogP contribution in [0, 0.1) is 5.92 Å². The molecule has 0 spiro atoms. The third kappa shape index (κ3) is 3.19. The van der Waals surface area contributed by atoms with E-state index in [9.17, 15) is 4.79 Å². The molecule has 0 aromatic heterocycles. The zero-order valence-electron chi connectivity index (χ0n) is 8.28. The number of rotatable bonds is 4. The number of hydrogen-bond donors (Lipinski definition) is 0. The van der Waals surface area contributed by atoms with Crippen LogP contribution in [-0.2, 0) is 9.53 Å². The molecule has 0 aliphatic carbocycles. The van der Waals surface area contributed by atoms with Crippen molar-refractivity contribution in [1.82, 2.24) is 4.90 Å². The van der Waals surface area contributed by atoms with Gasteiger partial charge in [-0.2, -0.15) is 11.8 Å². The quantitative estimate of drug-likeness (QED) is 0.633. The Balaban J connectivity index is 2.23. The monoisotopic (exact) mass is 203 g/mol. The van der Waals surface area contributed by atoms with Gasteiger partial charge in [-0.05, 0) is 19.2 Å². The molecule has 76 valence electrons. The van der Waals surface area contributed by atoms with Gasteiger partial charge in [0.15, 0.2) is 0 Å². The first-order valence-corrected chi connectivity index (χ1v) is 5.96. The average Bonchev–Trinajstić information content (AvgIpc) is 2.62. The Morgan fingerprint density at radius 2 is 2.46 bits per heavy atom. The van der Waals surface area contributed by atoms with Crippen molar-refractivity contribution in [2.45, 2.75) is 6.42 Å². The summed E-state index contributed by atoms with van der Waals surface area (Å²) in [6.07, 6.45) is 3.06. The van der Waals surface area contributed by atoms with Crippen LogP contribution in [0.4, 0.5) is 0 Å². The highest BCUT2D eigenvalue weighted by Gasteiger charge is 2.28. The van der Waals surface area contributed by atoms with Crippen LogP contribution in [0.25, 0.3) is 0 Å². The highest BCUT2D eigenvalue weighted by Crippen LogP contribution is 2.17. The number of carbonyl (C=O) groups is 1. The topological polar surface area (TPSA) is 29.5 Å². The first-order chi connectivity index (χ1) is 6.27. The Morgan fingerprint density at radius 1 is 1.69 bits per heavy atom. The molecule has 4 heteroatoms. The van der Waals surface area contributed by atoms with Gasteiger partial charge in [0, 0.05) is 18.8 Å². The van der Waals surface area contributed by atoms with Crippen LogP contribution < -0.4 is 0 Å². The van der Waals surface area contributed by atoms with Crippen molar-refractivity contribution in [3.8, 4) is 0 Å². The molecular weight excluding hydrogens is 186 g/mol. The first kappa shape index (κ1) is 10.9. The van der Waals surface area contributed by atoms with E-state index in [0.717, 1.165) is 31.8 Å². The Kier molecular flexibility index (Phi) is 4.59. The smallest absolute Gasteiger partial charge is 0.310 e. The summed E-state index contributed by atoms with van der Waals surface area (Å²) >= 11 is 1.85. The van der Waals surface area contributed by atoms with E-state index in [1.54, 1.807) is 0 Å². The van der Waals surface area contributed by atoms with Crippen LogP contribution in [0.15, 0.2) is 0 Å². The van der Waals surface area contributed by atoms with E-state index in [2.05, 4.69) is 11.2 Å². The van der Waals surface area contributed by atoms with Crippen molar-refractivity contribution in [2.24, 2.45) is 5.92 Å². The summed E-state index contributed by atoms with van der Waals surface area (Å²) in [7, 11) is 1.47. The number of ether oxygens (including phenoxy) is 1. The summed E-state index contributed by atoms with van der Waals surface area (Å²) in [6.45, 7) is 3.02. The second-order valence-corrected chi connectivity index (χ2v) is 4.29. The Hall–Kier alpha value is -0.220. The van der Waals surface area contributed by atoms with Crippen molar-refractivity contribution in [1.29, 1.82) is 0 Å². The minimum atomic E-state index is -0.0494. The minimum Gasteiger partial charge on any atom is -0.469 e. The number of methoxy groups -OCH3 is 1. The van der Waals surface area contributed by atoms with Crippen molar-refractivity contribution < 1.29 is 9.53 Å². The fourth-order valence-electron chi connectivity index (χ4n) is 1.62. The lowest BCUT2D eigenvalue weighted by Gasteiger charge is -2.13. The molecule has 1 aliphatic heterocycles. The largest absolute Gasteiger partial charge is 0.469 e. The fourth-order valence-corrected chi connectivity index (χ4v) is 2.06.